The molecule has 1 N–H and O–H groups in total. The fourth-order valence-corrected chi connectivity index (χ4v) is 3.24. The number of halogens is 1. The summed E-state index contributed by atoms with van der Waals surface area (Å²) in [5.41, 5.74) is 4.75. The second kappa shape index (κ2) is 8.34. The first-order valence-electron chi connectivity index (χ1n) is 8.18. The molecular formula is C20H24BrNO2. The van der Waals surface area contributed by atoms with Gasteiger partial charge in [0.15, 0.2) is 6.61 Å². The van der Waals surface area contributed by atoms with Crippen LogP contribution in [0.5, 0.6) is 5.75 Å². The van der Waals surface area contributed by atoms with E-state index >= 15 is 0 Å². The summed E-state index contributed by atoms with van der Waals surface area (Å²) in [6.45, 7) is 8.22. The van der Waals surface area contributed by atoms with Crippen LogP contribution in [0.3, 0.4) is 0 Å². The number of benzene rings is 2. The van der Waals surface area contributed by atoms with Crippen LogP contribution in [0.25, 0.3) is 0 Å². The lowest BCUT2D eigenvalue weighted by Crippen LogP contribution is -2.31. The third-order valence-corrected chi connectivity index (χ3v) is 4.65. The highest BCUT2D eigenvalue weighted by atomic mass is 79.9. The third-order valence-electron chi connectivity index (χ3n) is 4.03. The molecule has 0 aliphatic heterocycles. The van der Waals surface area contributed by atoms with Crippen molar-refractivity contribution in [1.82, 2.24) is 5.32 Å². The molecule has 0 bridgehead atoms. The average Bonchev–Trinajstić information content (AvgIpc) is 2.53. The van der Waals surface area contributed by atoms with Gasteiger partial charge in [0.2, 0.25) is 0 Å². The first kappa shape index (κ1) is 18.5. The number of carbonyl (C=O) groups excluding carboxylic acids is 1. The molecule has 24 heavy (non-hydrogen) atoms. The number of carbonyl (C=O) groups is 1. The lowest BCUT2D eigenvalue weighted by atomic mass is 10.0. The Labute approximate surface area is 152 Å². The molecule has 2 rings (SSSR count). The first-order valence-corrected chi connectivity index (χ1v) is 8.97. The lowest BCUT2D eigenvalue weighted by Gasteiger charge is -2.17. The van der Waals surface area contributed by atoms with E-state index in [-0.39, 0.29) is 18.6 Å². The van der Waals surface area contributed by atoms with Crippen molar-refractivity contribution >= 4 is 21.8 Å². The topological polar surface area (TPSA) is 38.3 Å². The fraction of sp³-hybridized carbons (Fsp3) is 0.350. The average molecular weight is 390 g/mol. The van der Waals surface area contributed by atoms with E-state index in [4.69, 9.17) is 4.74 Å². The van der Waals surface area contributed by atoms with E-state index < -0.39 is 0 Å². The van der Waals surface area contributed by atoms with E-state index in [0.29, 0.717) is 5.75 Å². The van der Waals surface area contributed by atoms with Gasteiger partial charge >= 0.3 is 0 Å². The van der Waals surface area contributed by atoms with Crippen LogP contribution in [0.15, 0.2) is 40.9 Å². The van der Waals surface area contributed by atoms with Crippen LogP contribution in [0.1, 0.15) is 42.1 Å². The summed E-state index contributed by atoms with van der Waals surface area (Å²) in [5.74, 6) is 0.551. The van der Waals surface area contributed by atoms with E-state index in [0.717, 1.165) is 16.5 Å². The van der Waals surface area contributed by atoms with Crippen molar-refractivity contribution < 1.29 is 9.53 Å². The van der Waals surface area contributed by atoms with Crippen LogP contribution in [0.2, 0.25) is 0 Å². The second-order valence-corrected chi connectivity index (χ2v) is 6.91. The van der Waals surface area contributed by atoms with Crippen molar-refractivity contribution in [2.75, 3.05) is 6.61 Å². The zero-order valence-corrected chi connectivity index (χ0v) is 16.2. The Morgan fingerprint density at radius 3 is 2.58 bits per heavy atom. The van der Waals surface area contributed by atoms with Crippen LogP contribution in [0.4, 0.5) is 0 Å². The Bertz CT molecular complexity index is 728. The van der Waals surface area contributed by atoms with Gasteiger partial charge < -0.3 is 10.1 Å². The third kappa shape index (κ3) is 4.84. The van der Waals surface area contributed by atoms with E-state index in [1.165, 1.54) is 16.7 Å². The molecule has 0 spiro atoms. The highest BCUT2D eigenvalue weighted by Crippen LogP contribution is 2.26. The predicted octanol–water partition coefficient (Wildman–Crippen LogP) is 4.88. The molecule has 3 nitrogen and oxygen atoms in total. The van der Waals surface area contributed by atoms with Crippen LogP contribution in [-0.2, 0) is 11.2 Å². The summed E-state index contributed by atoms with van der Waals surface area (Å²) in [4.78, 5) is 12.2. The molecule has 0 heterocycles. The quantitative estimate of drug-likeness (QED) is 0.763. The molecule has 128 valence electrons. The number of rotatable bonds is 6. The summed E-state index contributed by atoms with van der Waals surface area (Å²) in [7, 11) is 0. The zero-order valence-electron chi connectivity index (χ0n) is 14.7. The van der Waals surface area contributed by atoms with E-state index in [9.17, 15) is 4.79 Å². The van der Waals surface area contributed by atoms with Crippen molar-refractivity contribution in [3.63, 3.8) is 0 Å². The number of hydrogen-bond donors (Lipinski definition) is 1. The van der Waals surface area contributed by atoms with Crippen molar-refractivity contribution in [1.29, 1.82) is 0 Å². The minimum absolute atomic E-state index is 0.000674. The maximum atomic E-state index is 12.2. The second-order valence-electron chi connectivity index (χ2n) is 6.06. The number of nitrogens with one attached hydrogen (secondary N) is 1. The van der Waals surface area contributed by atoms with Gasteiger partial charge in [-0.1, -0.05) is 36.8 Å². The van der Waals surface area contributed by atoms with Crippen LogP contribution < -0.4 is 10.1 Å². The maximum Gasteiger partial charge on any atom is 0.258 e. The molecule has 0 fully saturated rings. The summed E-state index contributed by atoms with van der Waals surface area (Å²) in [5, 5.41) is 2.99. The smallest absolute Gasteiger partial charge is 0.258 e. The number of amides is 1. The Morgan fingerprint density at radius 2 is 1.96 bits per heavy atom. The standard InChI is InChI=1S/C20H24BrNO2/c1-5-16-7-9-19(18(21)11-16)24-12-20(23)22-15(4)17-8-6-13(2)10-14(17)3/h6-11,15H,5,12H2,1-4H3,(H,22,23). The molecule has 1 atom stereocenters. The molecule has 0 aromatic heterocycles. The largest absolute Gasteiger partial charge is 0.483 e. The summed E-state index contributed by atoms with van der Waals surface area (Å²) in [6.07, 6.45) is 0.965. The minimum Gasteiger partial charge on any atom is -0.483 e. The van der Waals surface area contributed by atoms with Crippen molar-refractivity contribution in [2.45, 2.75) is 40.2 Å². The van der Waals surface area contributed by atoms with Gasteiger partial charge in [0, 0.05) is 0 Å². The van der Waals surface area contributed by atoms with Crippen molar-refractivity contribution in [3.8, 4) is 5.75 Å². The Hall–Kier alpha value is -1.81. The van der Waals surface area contributed by atoms with E-state index in [1.807, 2.05) is 25.1 Å². The van der Waals surface area contributed by atoms with Gasteiger partial charge in [0.05, 0.1) is 10.5 Å². The van der Waals surface area contributed by atoms with Gasteiger partial charge in [-0.3, -0.25) is 4.79 Å². The normalized spacial score (nSPS) is 11.9. The zero-order chi connectivity index (χ0) is 17.7. The minimum atomic E-state index is -0.131. The molecule has 1 amide bonds. The Kier molecular flexibility index (Phi) is 6.44. The lowest BCUT2D eigenvalue weighted by molar-refractivity contribution is -0.123. The van der Waals surface area contributed by atoms with Gasteiger partial charge in [-0.2, -0.15) is 0 Å². The maximum absolute atomic E-state index is 12.2. The monoisotopic (exact) mass is 389 g/mol. The highest BCUT2D eigenvalue weighted by molar-refractivity contribution is 9.10. The van der Waals surface area contributed by atoms with Gasteiger partial charge in [-0.25, -0.2) is 0 Å². The molecule has 2 aromatic rings. The molecule has 0 aliphatic rings. The number of ether oxygens (including phenoxy) is 1. The molecular weight excluding hydrogens is 366 g/mol. The predicted molar refractivity (Wildman–Crippen MR) is 101 cm³/mol. The molecule has 0 radical (unpaired) electrons. The van der Waals surface area contributed by atoms with E-state index in [1.54, 1.807) is 0 Å². The molecule has 0 saturated carbocycles. The van der Waals surface area contributed by atoms with Gasteiger partial charge in [0.25, 0.3) is 5.91 Å². The number of hydrogen-bond acceptors (Lipinski definition) is 2. The molecule has 4 heteroatoms. The van der Waals surface area contributed by atoms with Crippen LogP contribution in [-0.4, -0.2) is 12.5 Å². The van der Waals surface area contributed by atoms with E-state index in [2.05, 4.69) is 60.2 Å². The summed E-state index contributed by atoms with van der Waals surface area (Å²) >= 11 is 3.49. The number of aryl methyl sites for hydroxylation is 3. The van der Waals surface area contributed by atoms with Gasteiger partial charge in [-0.05, 0) is 71.9 Å². The van der Waals surface area contributed by atoms with Crippen LogP contribution in [0, 0.1) is 13.8 Å². The van der Waals surface area contributed by atoms with Gasteiger partial charge in [-0.15, -0.1) is 0 Å². The Balaban J connectivity index is 1.93. The highest BCUT2D eigenvalue weighted by Gasteiger charge is 2.13. The van der Waals surface area contributed by atoms with Crippen molar-refractivity contribution in [2.24, 2.45) is 0 Å². The first-order chi connectivity index (χ1) is 11.4. The van der Waals surface area contributed by atoms with Crippen molar-refractivity contribution in [3.05, 3.63) is 63.1 Å². The van der Waals surface area contributed by atoms with Crippen LogP contribution >= 0.6 is 15.9 Å². The molecule has 0 saturated heterocycles. The molecule has 2 aromatic carbocycles. The Morgan fingerprint density at radius 1 is 1.21 bits per heavy atom. The molecule has 1 unspecified atom stereocenters. The molecule has 0 aliphatic carbocycles. The van der Waals surface area contributed by atoms with Gasteiger partial charge in [0.1, 0.15) is 5.75 Å². The SMILES string of the molecule is CCc1ccc(OCC(=O)NC(C)c2ccc(C)cc2C)c(Br)c1. The summed E-state index contributed by atoms with van der Waals surface area (Å²) in [6, 6.07) is 12.1. The summed E-state index contributed by atoms with van der Waals surface area (Å²) < 4.78 is 6.50. The fourth-order valence-electron chi connectivity index (χ4n) is 2.70.